The van der Waals surface area contributed by atoms with Crippen LogP contribution in [-0.2, 0) is 25.0 Å². The lowest BCUT2D eigenvalue weighted by Crippen LogP contribution is -2.14. The maximum atomic E-state index is 12.8. The Labute approximate surface area is 174 Å². The van der Waals surface area contributed by atoms with Gasteiger partial charge in [-0.15, -0.1) is 22.7 Å². The second kappa shape index (κ2) is 7.24. The first-order valence-corrected chi connectivity index (χ1v) is 12.1. The summed E-state index contributed by atoms with van der Waals surface area (Å²) in [6.07, 6.45) is 5.83. The van der Waals surface area contributed by atoms with Gasteiger partial charge in [-0.3, -0.25) is 4.79 Å². The molecular weight excluding hydrogens is 408 g/mol. The average molecular weight is 429 g/mol. The third kappa shape index (κ3) is 3.17. The Hall–Kier alpha value is -1.77. The van der Waals surface area contributed by atoms with Gasteiger partial charge >= 0.3 is 0 Å². The summed E-state index contributed by atoms with van der Waals surface area (Å²) >= 11 is 5.02. The molecule has 1 aliphatic carbocycles. The Bertz CT molecular complexity index is 1240. The molecule has 4 heterocycles. The van der Waals surface area contributed by atoms with Crippen LogP contribution in [0, 0.1) is 5.92 Å². The molecule has 0 aromatic carbocycles. The van der Waals surface area contributed by atoms with Crippen molar-refractivity contribution in [1.82, 2.24) is 19.9 Å². The number of nitrogens with zero attached hydrogens (tertiary/aromatic N) is 3. The molecule has 0 bridgehead atoms. The van der Waals surface area contributed by atoms with Crippen molar-refractivity contribution in [1.29, 1.82) is 0 Å². The number of aryl methyl sites for hydroxylation is 2. The van der Waals surface area contributed by atoms with Gasteiger partial charge in [0.25, 0.3) is 5.56 Å². The number of nitrogens with one attached hydrogen (secondary N) is 1. The van der Waals surface area contributed by atoms with Crippen molar-refractivity contribution in [2.24, 2.45) is 5.92 Å². The topological polar surface area (TPSA) is 71.5 Å². The van der Waals surface area contributed by atoms with Crippen molar-refractivity contribution < 1.29 is 0 Å². The molecule has 0 saturated carbocycles. The summed E-state index contributed by atoms with van der Waals surface area (Å²) in [5.74, 6) is 1.99. The van der Waals surface area contributed by atoms with Gasteiger partial charge in [-0.25, -0.2) is 15.0 Å². The van der Waals surface area contributed by atoms with Crippen LogP contribution in [-0.4, -0.2) is 19.9 Å². The molecule has 0 amide bonds. The molecule has 144 valence electrons. The lowest BCUT2D eigenvalue weighted by Gasteiger charge is -2.17. The summed E-state index contributed by atoms with van der Waals surface area (Å²) < 4.78 is 0. The van der Waals surface area contributed by atoms with E-state index in [0.717, 1.165) is 51.1 Å². The highest BCUT2D eigenvalue weighted by Crippen LogP contribution is 2.36. The van der Waals surface area contributed by atoms with Gasteiger partial charge in [0.15, 0.2) is 0 Å². The standard InChI is InChI=1S/C20H20N4OS3/c1-3-11-7-13-18(21-9-22-19(13)27-11)26-8-15-23-17(25)16-12-5-4-10(2)6-14(12)28-20(16)24-15/h7,9-10H,3-6,8H2,1-2H3,(H,23,24,25)/t10-/m0/s1. The van der Waals surface area contributed by atoms with Gasteiger partial charge in [0.2, 0.25) is 0 Å². The highest BCUT2D eigenvalue weighted by molar-refractivity contribution is 7.98. The fraction of sp³-hybridized carbons (Fsp3) is 0.400. The van der Waals surface area contributed by atoms with Crippen molar-refractivity contribution in [2.75, 3.05) is 0 Å². The van der Waals surface area contributed by atoms with Gasteiger partial charge in [0.1, 0.15) is 26.8 Å². The second-order valence-corrected chi connectivity index (χ2v) is 10.5. The number of rotatable bonds is 4. The first-order chi connectivity index (χ1) is 13.6. The Kier molecular flexibility index (Phi) is 4.72. The van der Waals surface area contributed by atoms with Crippen LogP contribution in [0.1, 0.15) is 41.4 Å². The van der Waals surface area contributed by atoms with Crippen LogP contribution < -0.4 is 5.56 Å². The number of H-pyrrole nitrogens is 1. The fourth-order valence-electron chi connectivity index (χ4n) is 3.77. The minimum absolute atomic E-state index is 0.00397. The number of fused-ring (bicyclic) bond motifs is 4. The molecule has 8 heteroatoms. The molecule has 5 rings (SSSR count). The van der Waals surface area contributed by atoms with Crippen molar-refractivity contribution in [3.05, 3.63) is 43.9 Å². The van der Waals surface area contributed by atoms with Gasteiger partial charge in [0.05, 0.1) is 11.1 Å². The lowest BCUT2D eigenvalue weighted by atomic mass is 9.89. The highest BCUT2D eigenvalue weighted by Gasteiger charge is 2.23. The number of aromatic nitrogens is 4. The second-order valence-electron chi connectivity index (χ2n) is 7.30. The first-order valence-electron chi connectivity index (χ1n) is 9.52. The fourth-order valence-corrected chi connectivity index (χ4v) is 7.02. The molecule has 0 unspecified atom stereocenters. The van der Waals surface area contributed by atoms with Crippen molar-refractivity contribution in [3.63, 3.8) is 0 Å². The highest BCUT2D eigenvalue weighted by atomic mass is 32.2. The Morgan fingerprint density at radius 2 is 2.18 bits per heavy atom. The first kappa shape index (κ1) is 18.3. The van der Waals surface area contributed by atoms with E-state index in [1.165, 1.54) is 15.3 Å². The molecule has 1 N–H and O–H groups in total. The number of hydrogen-bond donors (Lipinski definition) is 1. The molecule has 1 aliphatic rings. The third-order valence-corrected chi connectivity index (χ3v) is 8.60. The summed E-state index contributed by atoms with van der Waals surface area (Å²) in [6.45, 7) is 4.43. The zero-order valence-corrected chi connectivity index (χ0v) is 18.2. The Balaban J connectivity index is 1.46. The van der Waals surface area contributed by atoms with Crippen molar-refractivity contribution in [2.45, 2.75) is 50.3 Å². The van der Waals surface area contributed by atoms with Crippen LogP contribution >= 0.6 is 34.4 Å². The summed E-state index contributed by atoms with van der Waals surface area (Å²) in [5.41, 5.74) is 1.23. The van der Waals surface area contributed by atoms with E-state index in [1.54, 1.807) is 40.8 Å². The Morgan fingerprint density at radius 3 is 3.04 bits per heavy atom. The van der Waals surface area contributed by atoms with E-state index in [4.69, 9.17) is 4.98 Å². The molecule has 28 heavy (non-hydrogen) atoms. The molecule has 4 aromatic heterocycles. The van der Waals surface area contributed by atoms with Crippen LogP contribution in [0.25, 0.3) is 20.4 Å². The normalized spacial score (nSPS) is 16.7. The summed E-state index contributed by atoms with van der Waals surface area (Å²) in [7, 11) is 0. The molecule has 5 nitrogen and oxygen atoms in total. The molecule has 0 fully saturated rings. The Morgan fingerprint density at radius 1 is 1.29 bits per heavy atom. The number of hydrogen-bond acceptors (Lipinski definition) is 7. The van der Waals surface area contributed by atoms with Gasteiger partial charge in [-0.1, -0.05) is 25.6 Å². The van der Waals surface area contributed by atoms with E-state index >= 15 is 0 Å². The van der Waals surface area contributed by atoms with Gasteiger partial charge in [0, 0.05) is 15.1 Å². The zero-order chi connectivity index (χ0) is 19.3. The summed E-state index contributed by atoms with van der Waals surface area (Å²) in [4.78, 5) is 34.0. The van der Waals surface area contributed by atoms with Gasteiger partial charge < -0.3 is 4.98 Å². The lowest BCUT2D eigenvalue weighted by molar-refractivity contribution is 0.509. The van der Waals surface area contributed by atoms with Crippen LogP contribution in [0.2, 0.25) is 0 Å². The summed E-state index contributed by atoms with van der Waals surface area (Å²) in [5, 5.41) is 2.86. The van der Waals surface area contributed by atoms with E-state index in [2.05, 4.69) is 34.9 Å². The smallest absolute Gasteiger partial charge is 0.259 e. The number of thioether (sulfide) groups is 1. The molecule has 0 spiro atoms. The monoisotopic (exact) mass is 428 g/mol. The molecule has 4 aromatic rings. The quantitative estimate of drug-likeness (QED) is 0.367. The van der Waals surface area contributed by atoms with E-state index < -0.39 is 0 Å². The third-order valence-electron chi connectivity index (χ3n) is 5.25. The molecule has 1 atom stereocenters. The minimum atomic E-state index is 0.00397. The predicted octanol–water partition coefficient (Wildman–Crippen LogP) is 4.97. The van der Waals surface area contributed by atoms with Gasteiger partial charge in [-0.2, -0.15) is 0 Å². The molecule has 0 aliphatic heterocycles. The van der Waals surface area contributed by atoms with E-state index in [9.17, 15) is 4.79 Å². The van der Waals surface area contributed by atoms with E-state index in [1.807, 2.05) is 0 Å². The van der Waals surface area contributed by atoms with Crippen LogP contribution in [0.3, 0.4) is 0 Å². The molecule has 0 saturated heterocycles. The van der Waals surface area contributed by atoms with Crippen molar-refractivity contribution in [3.8, 4) is 0 Å². The number of thiophene rings is 2. The summed E-state index contributed by atoms with van der Waals surface area (Å²) in [6, 6.07) is 2.18. The van der Waals surface area contributed by atoms with Crippen molar-refractivity contribution >= 4 is 54.9 Å². The SMILES string of the molecule is CCc1cc2c(SCc3nc4sc5c(c4c(=O)[nH]3)CC[C@H](C)C5)ncnc2s1. The van der Waals surface area contributed by atoms with Crippen LogP contribution in [0.15, 0.2) is 22.2 Å². The zero-order valence-electron chi connectivity index (χ0n) is 15.7. The largest absolute Gasteiger partial charge is 0.309 e. The minimum Gasteiger partial charge on any atom is -0.309 e. The maximum Gasteiger partial charge on any atom is 0.259 e. The molecule has 0 radical (unpaired) electrons. The predicted molar refractivity (Wildman–Crippen MR) is 118 cm³/mol. The van der Waals surface area contributed by atoms with Crippen LogP contribution in [0.5, 0.6) is 0 Å². The molecular formula is C20H20N4OS3. The van der Waals surface area contributed by atoms with E-state index in [0.29, 0.717) is 17.5 Å². The average Bonchev–Trinajstić information content (AvgIpc) is 3.26. The maximum absolute atomic E-state index is 12.8. The van der Waals surface area contributed by atoms with E-state index in [-0.39, 0.29) is 5.56 Å². The number of aromatic amines is 1. The van der Waals surface area contributed by atoms with Crippen LogP contribution in [0.4, 0.5) is 0 Å². The van der Waals surface area contributed by atoms with Gasteiger partial charge in [-0.05, 0) is 43.2 Å².